The van der Waals surface area contributed by atoms with Gasteiger partial charge in [-0.05, 0) is 41.1 Å². The molecule has 3 rings (SSSR count). The third-order valence-electron chi connectivity index (χ3n) is 4.19. The second-order valence-electron chi connectivity index (χ2n) is 5.84. The van der Waals surface area contributed by atoms with Crippen LogP contribution in [0, 0.1) is 0 Å². The Labute approximate surface area is 149 Å². The van der Waals surface area contributed by atoms with Crippen LogP contribution in [0.5, 0.6) is 0 Å². The van der Waals surface area contributed by atoms with Gasteiger partial charge >= 0.3 is 5.97 Å². The summed E-state index contributed by atoms with van der Waals surface area (Å²) in [5.74, 6) is -1.18. The molecule has 2 N–H and O–H groups in total. The molecule has 2 aromatic rings. The maximum absolute atomic E-state index is 12.4. The van der Waals surface area contributed by atoms with Crippen LogP contribution in [0.3, 0.4) is 0 Å². The average Bonchev–Trinajstić information content (AvgIpc) is 3.15. The monoisotopic (exact) mass is 358 g/mol. The minimum Gasteiger partial charge on any atom is -0.478 e. The molecule has 0 radical (unpaired) electrons. The summed E-state index contributed by atoms with van der Waals surface area (Å²) >= 11 is 1.36. The number of fused-ring (bicyclic) bond motifs is 1. The first kappa shape index (κ1) is 17.2. The van der Waals surface area contributed by atoms with Crippen molar-refractivity contribution >= 4 is 29.1 Å². The highest BCUT2D eigenvalue weighted by atomic mass is 32.1. The number of carbonyl (C=O) groups excluding carboxylic acids is 2. The Hall–Kier alpha value is -2.67. The van der Waals surface area contributed by atoms with Crippen molar-refractivity contribution in [2.75, 3.05) is 13.1 Å². The highest BCUT2D eigenvalue weighted by Gasteiger charge is 2.21. The lowest BCUT2D eigenvalue weighted by atomic mass is 9.97. The molecule has 0 saturated heterocycles. The van der Waals surface area contributed by atoms with E-state index in [9.17, 15) is 14.4 Å². The first-order valence-electron chi connectivity index (χ1n) is 7.99. The highest BCUT2D eigenvalue weighted by molar-refractivity contribution is 7.12. The minimum absolute atomic E-state index is 0.0437. The smallest absolute Gasteiger partial charge is 0.335 e. The Balaban J connectivity index is 1.54. The summed E-state index contributed by atoms with van der Waals surface area (Å²) in [6.45, 7) is 1.30. The zero-order valence-electron chi connectivity index (χ0n) is 13.5. The van der Waals surface area contributed by atoms with Gasteiger partial charge in [-0.1, -0.05) is 12.1 Å². The van der Waals surface area contributed by atoms with Gasteiger partial charge in [0.05, 0.1) is 10.4 Å². The molecule has 0 aliphatic carbocycles. The molecular weight excluding hydrogens is 340 g/mol. The van der Waals surface area contributed by atoms with Gasteiger partial charge in [0.15, 0.2) is 0 Å². The summed E-state index contributed by atoms with van der Waals surface area (Å²) in [7, 11) is 0. The van der Waals surface area contributed by atoms with Crippen molar-refractivity contribution in [1.29, 1.82) is 0 Å². The van der Waals surface area contributed by atoms with E-state index < -0.39 is 5.97 Å². The van der Waals surface area contributed by atoms with Gasteiger partial charge in [0.2, 0.25) is 5.91 Å². The molecule has 130 valence electrons. The van der Waals surface area contributed by atoms with Crippen molar-refractivity contribution in [3.8, 4) is 0 Å². The summed E-state index contributed by atoms with van der Waals surface area (Å²) in [5, 5.41) is 13.7. The molecule has 0 spiro atoms. The predicted molar refractivity (Wildman–Crippen MR) is 93.8 cm³/mol. The number of hydrogen-bond acceptors (Lipinski definition) is 4. The summed E-state index contributed by atoms with van der Waals surface area (Å²) in [6, 6.07) is 8.60. The number of nitrogens with zero attached hydrogens (tertiary/aromatic N) is 1. The van der Waals surface area contributed by atoms with Gasteiger partial charge in [-0.25, -0.2) is 4.79 Å². The van der Waals surface area contributed by atoms with E-state index in [1.165, 1.54) is 11.3 Å². The van der Waals surface area contributed by atoms with Crippen LogP contribution >= 0.6 is 11.3 Å². The van der Waals surface area contributed by atoms with Crippen LogP contribution in [0.25, 0.3) is 0 Å². The molecule has 1 aliphatic rings. The fourth-order valence-corrected chi connectivity index (χ4v) is 3.48. The van der Waals surface area contributed by atoms with Crippen LogP contribution in [0.15, 0.2) is 35.7 Å². The molecule has 1 aromatic carbocycles. The first-order chi connectivity index (χ1) is 12.0. The van der Waals surface area contributed by atoms with Gasteiger partial charge < -0.3 is 15.3 Å². The molecule has 0 fully saturated rings. The Kier molecular flexibility index (Phi) is 5.14. The van der Waals surface area contributed by atoms with Gasteiger partial charge in [-0.3, -0.25) is 9.59 Å². The van der Waals surface area contributed by atoms with Crippen molar-refractivity contribution in [3.05, 3.63) is 57.3 Å². The number of amides is 2. The molecule has 2 amide bonds. The van der Waals surface area contributed by atoms with Crippen molar-refractivity contribution in [1.82, 2.24) is 10.2 Å². The summed E-state index contributed by atoms with van der Waals surface area (Å²) in [4.78, 5) is 37.6. The topological polar surface area (TPSA) is 86.7 Å². The first-order valence-corrected chi connectivity index (χ1v) is 8.87. The van der Waals surface area contributed by atoms with Crippen LogP contribution in [-0.2, 0) is 17.8 Å². The molecule has 1 aromatic heterocycles. The van der Waals surface area contributed by atoms with Crippen LogP contribution < -0.4 is 5.32 Å². The summed E-state index contributed by atoms with van der Waals surface area (Å²) in [6.07, 6.45) is 0.938. The third kappa shape index (κ3) is 4.06. The van der Waals surface area contributed by atoms with Crippen molar-refractivity contribution in [3.63, 3.8) is 0 Å². The van der Waals surface area contributed by atoms with Crippen LogP contribution in [0.1, 0.15) is 37.6 Å². The molecule has 25 heavy (non-hydrogen) atoms. The Morgan fingerprint density at radius 1 is 1.20 bits per heavy atom. The SMILES string of the molecule is O=C(O)c1ccc2c(c1)CN(C(=O)CCNC(=O)c1cccs1)CC2. The van der Waals surface area contributed by atoms with Crippen molar-refractivity contribution in [2.24, 2.45) is 0 Å². The van der Waals surface area contributed by atoms with Crippen molar-refractivity contribution < 1.29 is 19.5 Å². The van der Waals surface area contributed by atoms with E-state index in [1.807, 2.05) is 11.4 Å². The lowest BCUT2D eigenvalue weighted by molar-refractivity contribution is -0.131. The quantitative estimate of drug-likeness (QED) is 0.857. The number of carbonyl (C=O) groups is 3. The zero-order valence-corrected chi connectivity index (χ0v) is 14.3. The lowest BCUT2D eigenvalue weighted by Crippen LogP contribution is -2.38. The molecule has 0 unspecified atom stereocenters. The molecule has 7 heteroatoms. The van der Waals surface area contributed by atoms with Crippen molar-refractivity contribution in [2.45, 2.75) is 19.4 Å². The van der Waals surface area contributed by atoms with E-state index in [2.05, 4.69) is 5.32 Å². The Bertz CT molecular complexity index is 801. The lowest BCUT2D eigenvalue weighted by Gasteiger charge is -2.29. The molecular formula is C18H18N2O4S. The van der Waals surface area contributed by atoms with E-state index in [4.69, 9.17) is 5.11 Å². The molecule has 0 bridgehead atoms. The van der Waals surface area contributed by atoms with Gasteiger partial charge in [0, 0.05) is 26.1 Å². The molecule has 0 saturated carbocycles. The van der Waals surface area contributed by atoms with E-state index in [0.29, 0.717) is 24.4 Å². The number of hydrogen-bond donors (Lipinski definition) is 2. The second kappa shape index (κ2) is 7.48. The molecule has 2 heterocycles. The highest BCUT2D eigenvalue weighted by Crippen LogP contribution is 2.21. The fraction of sp³-hybridized carbons (Fsp3) is 0.278. The average molecular weight is 358 g/mol. The van der Waals surface area contributed by atoms with E-state index in [0.717, 1.165) is 11.1 Å². The third-order valence-corrected chi connectivity index (χ3v) is 5.06. The van der Waals surface area contributed by atoms with Crippen LogP contribution in [-0.4, -0.2) is 40.9 Å². The molecule has 0 atom stereocenters. The maximum atomic E-state index is 12.4. The van der Waals surface area contributed by atoms with Gasteiger partial charge in [0.1, 0.15) is 0 Å². The van der Waals surface area contributed by atoms with E-state index in [1.54, 1.807) is 29.2 Å². The zero-order chi connectivity index (χ0) is 17.8. The van der Waals surface area contributed by atoms with Gasteiger partial charge in [-0.2, -0.15) is 0 Å². The number of nitrogens with one attached hydrogen (secondary N) is 1. The minimum atomic E-state index is -0.970. The van der Waals surface area contributed by atoms with E-state index in [-0.39, 0.29) is 30.3 Å². The Morgan fingerprint density at radius 2 is 2.04 bits per heavy atom. The number of benzene rings is 1. The summed E-state index contributed by atoms with van der Waals surface area (Å²) < 4.78 is 0. The second-order valence-corrected chi connectivity index (χ2v) is 6.78. The van der Waals surface area contributed by atoms with Crippen LogP contribution in [0.4, 0.5) is 0 Å². The normalized spacial score (nSPS) is 13.2. The number of rotatable bonds is 5. The molecule has 1 aliphatic heterocycles. The number of thiophene rings is 1. The largest absolute Gasteiger partial charge is 0.478 e. The number of aromatic carboxylic acids is 1. The molecule has 6 nitrogen and oxygen atoms in total. The standard InChI is InChI=1S/C18H18N2O4S/c21-16(5-7-19-17(22)15-2-1-9-25-15)20-8-6-12-3-4-13(18(23)24)10-14(12)11-20/h1-4,9-10H,5-8,11H2,(H,19,22)(H,23,24). The van der Waals surface area contributed by atoms with Crippen LogP contribution in [0.2, 0.25) is 0 Å². The maximum Gasteiger partial charge on any atom is 0.335 e. The van der Waals surface area contributed by atoms with E-state index >= 15 is 0 Å². The van der Waals surface area contributed by atoms with Gasteiger partial charge in [-0.15, -0.1) is 11.3 Å². The number of carboxylic acids is 1. The predicted octanol–water partition coefficient (Wildman–Crippen LogP) is 2.15. The van der Waals surface area contributed by atoms with Gasteiger partial charge in [0.25, 0.3) is 5.91 Å². The summed E-state index contributed by atoms with van der Waals surface area (Å²) in [5.41, 5.74) is 2.19. The fourth-order valence-electron chi connectivity index (χ4n) is 2.84. The Morgan fingerprint density at radius 3 is 2.76 bits per heavy atom. The number of carboxylic acid groups (broad SMARTS) is 1.